The molecule has 1 fully saturated rings. The van der Waals surface area contributed by atoms with Gasteiger partial charge < -0.3 is 96.9 Å². The number of hydrogen-bond acceptors (Lipinski definition) is 23. The molecule has 2 radical (unpaired) electrons. The van der Waals surface area contributed by atoms with E-state index in [1.165, 1.54) is 51.9 Å². The fourth-order valence-electron chi connectivity index (χ4n) is 10.2. The fourth-order valence-corrected chi connectivity index (χ4v) is 10.2. The van der Waals surface area contributed by atoms with Gasteiger partial charge in [0.1, 0.15) is 42.0 Å². The third-order valence-electron chi connectivity index (χ3n) is 14.4. The molecule has 3 aliphatic rings. The number of benzene rings is 4. The number of hydrogen-bond donors (Lipinski definition) is 19. The van der Waals surface area contributed by atoms with Crippen molar-refractivity contribution in [2.24, 2.45) is 0 Å². The molecule has 35 heteroatoms. The van der Waals surface area contributed by atoms with Gasteiger partial charge in [0.05, 0.1) is 65.1 Å². The molecular formula is C53H54CaFN13O20. The van der Waals surface area contributed by atoms with Gasteiger partial charge in [0.2, 0.25) is 18.2 Å². The van der Waals surface area contributed by atoms with Crippen molar-refractivity contribution in [3.8, 4) is 11.5 Å². The van der Waals surface area contributed by atoms with Gasteiger partial charge in [-0.3, -0.25) is 43.5 Å². The maximum absolute atomic E-state index is 14.1. The molecule has 11 rings (SSSR count). The van der Waals surface area contributed by atoms with Gasteiger partial charge in [-0.25, -0.2) is 20.0 Å². The van der Waals surface area contributed by atoms with Gasteiger partial charge in [-0.15, -0.1) is 0 Å². The Kier molecular flexibility index (Phi) is 19.8. The van der Waals surface area contributed by atoms with E-state index in [2.05, 4.69) is 36.3 Å². The van der Waals surface area contributed by atoms with E-state index < -0.39 is 127 Å². The predicted octanol–water partition coefficient (Wildman–Crippen LogP) is -2.64. The Morgan fingerprint density at radius 3 is 2.11 bits per heavy atom. The monoisotopic (exact) mass is 1250 g/mol. The number of carboxylic acid groups (broad SMARTS) is 2. The quantitative estimate of drug-likeness (QED) is 0.0267. The Bertz CT molecular complexity index is 4210. The number of rotatable bonds is 16. The molecule has 1 unspecified atom stereocenters. The number of ether oxygens (including phenoxy) is 1. The topological polar surface area (TPSA) is 527 Å². The zero-order valence-electron chi connectivity index (χ0n) is 45.5. The van der Waals surface area contributed by atoms with Gasteiger partial charge in [0.25, 0.3) is 28.8 Å². The second-order valence-corrected chi connectivity index (χ2v) is 19.9. The third kappa shape index (κ3) is 12.7. The number of aliphatic hydroxyl groups is 6. The van der Waals surface area contributed by atoms with Crippen LogP contribution in [0.3, 0.4) is 0 Å². The Hall–Kier alpha value is -9.07. The number of aliphatic carboxylic acids is 2. The van der Waals surface area contributed by atoms with Crippen molar-refractivity contribution in [1.29, 1.82) is 0 Å². The van der Waals surface area contributed by atoms with Gasteiger partial charge >= 0.3 is 17.6 Å². The largest absolute Gasteiger partial charge is 0.508 e. The van der Waals surface area contributed by atoms with Crippen molar-refractivity contribution in [3.05, 3.63) is 121 Å². The first-order valence-corrected chi connectivity index (χ1v) is 26.1. The SMILES string of the molecule is Nc1nc2c(c(=O)[nH]1)N(C=O)C(CNc1ccc(C(=O)N[C@@H](CCC(=O)O)C(=O)O)cc1)CN2.O=C1c2c(c3c4ccc(O)cc4n([C@@H]4O[C@H](CO)[C@@H](O)[C@H](O)[C@H]4O)c3c3[nH]c4cc(O)ccc4c23)C(=O)N1NC(CO)CO.O=c1[nH]cc(F)c(=O)[nH]1.[Ca]. The number of nitrogens with zero attached hydrogens (tertiary/aromatic N) is 4. The van der Waals surface area contributed by atoms with E-state index in [-0.39, 0.29) is 124 Å². The molecule has 0 saturated carbocycles. The van der Waals surface area contributed by atoms with Crippen molar-refractivity contribution < 1.29 is 89.0 Å². The smallest absolute Gasteiger partial charge is 0.326 e. The third-order valence-corrected chi connectivity index (χ3v) is 14.4. The summed E-state index contributed by atoms with van der Waals surface area (Å²) in [5, 5.41) is 111. The number of phenols is 2. The number of fused-ring (bicyclic) bond motifs is 11. The van der Waals surface area contributed by atoms with Crippen LogP contribution in [-0.4, -0.2) is 235 Å². The number of H-pyrrole nitrogens is 4. The van der Waals surface area contributed by atoms with Crippen LogP contribution in [0.25, 0.3) is 43.6 Å². The molecule has 3 aliphatic heterocycles. The second kappa shape index (κ2) is 26.9. The first-order valence-electron chi connectivity index (χ1n) is 26.1. The molecule has 7 atom stereocenters. The van der Waals surface area contributed by atoms with Gasteiger partial charge in [0.15, 0.2) is 17.7 Å². The molecule has 33 nitrogen and oxygen atoms in total. The van der Waals surface area contributed by atoms with Crippen LogP contribution in [0.15, 0.2) is 81.2 Å². The minimum Gasteiger partial charge on any atom is -0.508 e. The van der Waals surface area contributed by atoms with Crippen molar-refractivity contribution in [2.45, 2.75) is 61.6 Å². The molecule has 4 aromatic heterocycles. The van der Waals surface area contributed by atoms with Crippen molar-refractivity contribution in [2.75, 3.05) is 54.2 Å². The van der Waals surface area contributed by atoms with Gasteiger partial charge in [-0.2, -0.15) is 9.37 Å². The summed E-state index contributed by atoms with van der Waals surface area (Å²) in [4.78, 5) is 121. The summed E-state index contributed by atoms with van der Waals surface area (Å²) in [6.07, 6.45) is -7.31. The van der Waals surface area contributed by atoms with Crippen molar-refractivity contribution in [1.82, 2.24) is 45.2 Å². The molecule has 88 heavy (non-hydrogen) atoms. The number of aromatic amines is 4. The first kappa shape index (κ1) is 64.9. The van der Waals surface area contributed by atoms with Crippen molar-refractivity contribution in [3.63, 3.8) is 0 Å². The number of carbonyl (C=O) groups excluding carboxylic acids is 4. The van der Waals surface area contributed by atoms with Crippen LogP contribution in [0.1, 0.15) is 50.1 Å². The van der Waals surface area contributed by atoms with E-state index in [0.29, 0.717) is 46.1 Å². The number of aliphatic hydroxyl groups excluding tert-OH is 6. The standard InChI is InChI=1S/C29H28N4O11.C20H23N7O7.C4H3FN2O2.Ca/c34-7-10(8-35)31-33-27(42)20-18-13-3-1-11(37)5-15(13)30-22(18)23-19(21(20)28(33)43)14-4-2-12(38)6-16(14)32(23)29-26(41)25(40)24(39)17(9-36)44-29;21-20-25-16-15(18(32)26-20)27(9-28)12(8-23-16)7-22-11-3-1-10(2-4-11)17(31)24-13(19(33)34)5-6-14(29)30;5-2-1-6-4(9)7-3(2)8;/h1-6,10,17,24-26,29-31,34-41H,7-9H2;1-4,9,12-13,22H,5-8H2,(H,24,31)(H,29,30)(H,33,34)(H4,21,23,25,26,32);1H,(H2,6,7,8,9);/t17-,24-,25+,26-,29-;12?,13-;;/m10../s1. The fraction of sp³-hybridized carbons (Fsp3) is 0.283. The summed E-state index contributed by atoms with van der Waals surface area (Å²) in [5.41, 5.74) is 7.73. The molecule has 20 N–H and O–H groups in total. The molecule has 0 spiro atoms. The Labute approximate surface area is 519 Å². The molecule has 7 heterocycles. The minimum atomic E-state index is -1.75. The van der Waals surface area contributed by atoms with Crippen LogP contribution in [-0.2, 0) is 19.1 Å². The number of carbonyl (C=O) groups is 6. The molecular weight excluding hydrogens is 1200 g/mol. The number of nitrogen functional groups attached to an aromatic ring is 1. The summed E-state index contributed by atoms with van der Waals surface area (Å²) in [5.74, 6) is -5.86. The van der Waals surface area contributed by atoms with Crippen LogP contribution < -0.4 is 48.8 Å². The minimum absolute atomic E-state index is 0. The summed E-state index contributed by atoms with van der Waals surface area (Å²) in [6, 6.07) is 11.9. The maximum Gasteiger partial charge on any atom is 0.326 e. The van der Waals surface area contributed by atoms with E-state index >= 15 is 0 Å². The average Bonchev–Trinajstić information content (AvgIpc) is 2.18. The van der Waals surface area contributed by atoms with Gasteiger partial charge in [-0.05, 0) is 55.0 Å². The summed E-state index contributed by atoms with van der Waals surface area (Å²) in [7, 11) is 0. The second-order valence-electron chi connectivity index (χ2n) is 19.9. The average molecular weight is 1250 g/mol. The van der Waals surface area contributed by atoms with Crippen LogP contribution >= 0.6 is 0 Å². The summed E-state index contributed by atoms with van der Waals surface area (Å²) >= 11 is 0. The summed E-state index contributed by atoms with van der Waals surface area (Å²) in [6.45, 7) is -1.31. The number of nitrogens with two attached hydrogens (primary N) is 1. The van der Waals surface area contributed by atoms with E-state index in [9.17, 15) is 93.5 Å². The number of phenolic OH excluding ortho intramolecular Hbond substituents is 2. The number of halogens is 1. The molecule has 0 bridgehead atoms. The molecule has 460 valence electrons. The zero-order valence-corrected chi connectivity index (χ0v) is 47.7. The number of aromatic nitrogens is 6. The Balaban J connectivity index is 0.000000202. The molecule has 4 aromatic carbocycles. The molecule has 4 amide bonds. The van der Waals surface area contributed by atoms with E-state index in [4.69, 9.17) is 15.6 Å². The van der Waals surface area contributed by atoms with Crippen molar-refractivity contribution >= 4 is 141 Å². The zero-order chi connectivity index (χ0) is 62.9. The van der Waals surface area contributed by atoms with Crippen LogP contribution in [0.2, 0.25) is 0 Å². The van der Waals surface area contributed by atoms with Crippen LogP contribution in [0.4, 0.5) is 27.5 Å². The number of carboxylic acids is 2. The molecule has 1 saturated heterocycles. The van der Waals surface area contributed by atoms with Gasteiger partial charge in [-0.1, -0.05) is 0 Å². The maximum atomic E-state index is 14.1. The number of imide groups is 1. The van der Waals surface area contributed by atoms with E-state index in [1.54, 1.807) is 23.2 Å². The number of anilines is 4. The normalized spacial score (nSPS) is 19.0. The Morgan fingerprint density at radius 2 is 1.50 bits per heavy atom. The number of amides is 4. The number of nitrogens with one attached hydrogen (secondary N) is 8. The molecule has 8 aromatic rings. The van der Waals surface area contributed by atoms with Crippen LogP contribution in [0.5, 0.6) is 11.5 Å². The summed E-state index contributed by atoms with van der Waals surface area (Å²) < 4.78 is 19.3. The van der Waals surface area contributed by atoms with E-state index in [0.717, 1.165) is 0 Å². The Morgan fingerprint density at radius 1 is 0.841 bits per heavy atom. The number of aromatic hydroxyl groups is 2. The van der Waals surface area contributed by atoms with E-state index in [1.807, 2.05) is 4.98 Å². The van der Waals surface area contributed by atoms with Gasteiger partial charge in [0, 0.05) is 108 Å². The first-order chi connectivity index (χ1) is 41.5. The van der Waals surface area contributed by atoms with Crippen LogP contribution in [0, 0.1) is 5.82 Å². The molecule has 0 aliphatic carbocycles. The number of hydrazine groups is 1. The predicted molar refractivity (Wildman–Crippen MR) is 307 cm³/mol.